The van der Waals surface area contributed by atoms with Gasteiger partial charge in [-0.1, -0.05) is 35.7 Å². The lowest BCUT2D eigenvalue weighted by Gasteiger charge is -2.36. The highest BCUT2D eigenvalue weighted by atomic mass is 79.9. The van der Waals surface area contributed by atoms with Gasteiger partial charge in [0.05, 0.1) is 0 Å². The standard InChI is InChI=1S/C18H22BrN3O3/c1-11-9-13(19)6-7-14(11)20-15(23)10-22-16(24)18(21-17(22)25)8-4-3-5-12(18)2/h6-7,9,12H,3-5,8,10H2,1-2H3,(H,20,23)(H,21,25)/t12-,18+/m0/s1. The molecule has 7 heteroatoms. The second-order valence-corrected chi connectivity index (χ2v) is 7.86. The Morgan fingerprint density at radius 2 is 2.16 bits per heavy atom. The van der Waals surface area contributed by atoms with Crippen molar-refractivity contribution in [2.75, 3.05) is 11.9 Å². The van der Waals surface area contributed by atoms with Crippen molar-refractivity contribution in [1.82, 2.24) is 10.2 Å². The molecule has 1 spiro atoms. The fourth-order valence-electron chi connectivity index (χ4n) is 3.74. The van der Waals surface area contributed by atoms with Gasteiger partial charge in [-0.25, -0.2) is 4.79 Å². The molecule has 1 saturated carbocycles. The highest BCUT2D eigenvalue weighted by Crippen LogP contribution is 2.38. The average molecular weight is 408 g/mol. The molecule has 1 heterocycles. The monoisotopic (exact) mass is 407 g/mol. The fraction of sp³-hybridized carbons (Fsp3) is 0.500. The number of carbonyl (C=O) groups excluding carboxylic acids is 3. The van der Waals surface area contributed by atoms with Crippen molar-refractivity contribution >= 4 is 39.5 Å². The van der Waals surface area contributed by atoms with Gasteiger partial charge in [-0.05, 0) is 49.4 Å². The Morgan fingerprint density at radius 1 is 1.40 bits per heavy atom. The third-order valence-corrected chi connectivity index (χ3v) is 5.76. The molecular formula is C18H22BrN3O3. The maximum atomic E-state index is 12.9. The van der Waals surface area contributed by atoms with Gasteiger partial charge in [-0.15, -0.1) is 0 Å². The third kappa shape index (κ3) is 3.29. The number of hydrogen-bond donors (Lipinski definition) is 2. The number of rotatable bonds is 3. The van der Waals surface area contributed by atoms with E-state index in [9.17, 15) is 14.4 Å². The number of benzene rings is 1. The molecule has 1 aromatic carbocycles. The maximum Gasteiger partial charge on any atom is 0.325 e. The molecule has 1 aromatic rings. The minimum Gasteiger partial charge on any atom is -0.324 e. The predicted molar refractivity (Wildman–Crippen MR) is 98.1 cm³/mol. The van der Waals surface area contributed by atoms with E-state index in [1.807, 2.05) is 26.0 Å². The molecule has 25 heavy (non-hydrogen) atoms. The summed E-state index contributed by atoms with van der Waals surface area (Å²) in [5.74, 6) is -0.568. The van der Waals surface area contributed by atoms with Crippen molar-refractivity contribution < 1.29 is 14.4 Å². The first-order chi connectivity index (χ1) is 11.8. The fourth-order valence-corrected chi connectivity index (χ4v) is 4.22. The lowest BCUT2D eigenvalue weighted by atomic mass is 9.73. The number of halogens is 1. The molecule has 2 aliphatic rings. The molecule has 0 radical (unpaired) electrons. The van der Waals surface area contributed by atoms with E-state index >= 15 is 0 Å². The Hall–Kier alpha value is -1.89. The number of nitrogens with zero attached hydrogens (tertiary/aromatic N) is 1. The van der Waals surface area contributed by atoms with Crippen LogP contribution >= 0.6 is 15.9 Å². The Bertz CT molecular complexity index is 736. The van der Waals surface area contributed by atoms with Crippen LogP contribution in [0, 0.1) is 12.8 Å². The van der Waals surface area contributed by atoms with Crippen LogP contribution in [0.15, 0.2) is 22.7 Å². The summed E-state index contributed by atoms with van der Waals surface area (Å²) < 4.78 is 0.922. The zero-order valence-electron chi connectivity index (χ0n) is 14.4. The summed E-state index contributed by atoms with van der Waals surface area (Å²) in [5, 5.41) is 5.63. The van der Waals surface area contributed by atoms with Gasteiger partial charge in [0.2, 0.25) is 5.91 Å². The summed E-state index contributed by atoms with van der Waals surface area (Å²) in [6.07, 6.45) is 3.52. The molecule has 1 saturated heterocycles. The molecule has 134 valence electrons. The molecule has 6 nitrogen and oxygen atoms in total. The van der Waals surface area contributed by atoms with Gasteiger partial charge in [0.25, 0.3) is 5.91 Å². The van der Waals surface area contributed by atoms with E-state index in [0.717, 1.165) is 34.2 Å². The molecule has 1 aliphatic carbocycles. The van der Waals surface area contributed by atoms with E-state index in [2.05, 4.69) is 26.6 Å². The third-order valence-electron chi connectivity index (χ3n) is 5.27. The zero-order valence-corrected chi connectivity index (χ0v) is 16.0. The van der Waals surface area contributed by atoms with E-state index in [0.29, 0.717) is 12.1 Å². The van der Waals surface area contributed by atoms with Gasteiger partial charge in [-0.2, -0.15) is 0 Å². The molecule has 2 atom stereocenters. The Labute approximate surface area is 155 Å². The van der Waals surface area contributed by atoms with E-state index in [-0.39, 0.29) is 24.3 Å². The summed E-state index contributed by atoms with van der Waals surface area (Å²) >= 11 is 3.38. The largest absolute Gasteiger partial charge is 0.325 e. The molecular weight excluding hydrogens is 386 g/mol. The first-order valence-electron chi connectivity index (χ1n) is 8.53. The summed E-state index contributed by atoms with van der Waals surface area (Å²) in [7, 11) is 0. The molecule has 0 bridgehead atoms. The number of urea groups is 1. The van der Waals surface area contributed by atoms with Crippen molar-refractivity contribution in [1.29, 1.82) is 0 Å². The SMILES string of the molecule is Cc1cc(Br)ccc1NC(=O)CN1C(=O)N[C@@]2(CCCC[C@@H]2C)C1=O. The van der Waals surface area contributed by atoms with Crippen molar-refractivity contribution in [2.24, 2.45) is 5.92 Å². The first kappa shape index (κ1) is 17.9. The van der Waals surface area contributed by atoms with Gasteiger partial charge in [0.1, 0.15) is 12.1 Å². The van der Waals surface area contributed by atoms with Crippen LogP contribution in [0.5, 0.6) is 0 Å². The smallest absolute Gasteiger partial charge is 0.324 e. The van der Waals surface area contributed by atoms with Crippen LogP contribution in [0.25, 0.3) is 0 Å². The van der Waals surface area contributed by atoms with E-state index in [1.165, 1.54) is 0 Å². The maximum absolute atomic E-state index is 12.9. The van der Waals surface area contributed by atoms with E-state index < -0.39 is 11.6 Å². The molecule has 2 fully saturated rings. The number of nitrogens with one attached hydrogen (secondary N) is 2. The zero-order chi connectivity index (χ0) is 18.2. The van der Waals surface area contributed by atoms with Gasteiger partial charge >= 0.3 is 6.03 Å². The molecule has 0 aromatic heterocycles. The second-order valence-electron chi connectivity index (χ2n) is 6.95. The number of amides is 4. The highest BCUT2D eigenvalue weighted by molar-refractivity contribution is 9.10. The number of anilines is 1. The number of imide groups is 1. The van der Waals surface area contributed by atoms with Crippen LogP contribution in [-0.4, -0.2) is 34.8 Å². The van der Waals surface area contributed by atoms with E-state index in [1.54, 1.807) is 6.07 Å². The summed E-state index contributed by atoms with van der Waals surface area (Å²) in [4.78, 5) is 38.6. The molecule has 0 unspecified atom stereocenters. The number of aryl methyl sites for hydroxylation is 1. The van der Waals surface area contributed by atoms with Crippen LogP contribution < -0.4 is 10.6 Å². The Morgan fingerprint density at radius 3 is 2.84 bits per heavy atom. The topological polar surface area (TPSA) is 78.5 Å². The van der Waals surface area contributed by atoms with Crippen molar-refractivity contribution in [3.05, 3.63) is 28.2 Å². The summed E-state index contributed by atoms with van der Waals surface area (Å²) in [5.41, 5.74) is 0.738. The van der Waals surface area contributed by atoms with Crippen LogP contribution in [0.4, 0.5) is 10.5 Å². The Balaban J connectivity index is 1.71. The number of hydrogen-bond acceptors (Lipinski definition) is 3. The summed E-state index contributed by atoms with van der Waals surface area (Å²) in [6, 6.07) is 5.03. The second kappa shape index (κ2) is 6.78. The minimum absolute atomic E-state index is 0.0829. The molecule has 1 aliphatic heterocycles. The van der Waals surface area contributed by atoms with Crippen molar-refractivity contribution in [3.63, 3.8) is 0 Å². The molecule has 3 rings (SSSR count). The van der Waals surface area contributed by atoms with Gasteiger partial charge < -0.3 is 10.6 Å². The van der Waals surface area contributed by atoms with Crippen LogP contribution in [0.2, 0.25) is 0 Å². The first-order valence-corrected chi connectivity index (χ1v) is 9.33. The normalized spacial score (nSPS) is 26.0. The van der Waals surface area contributed by atoms with Crippen LogP contribution in [0.3, 0.4) is 0 Å². The van der Waals surface area contributed by atoms with Crippen molar-refractivity contribution in [2.45, 2.75) is 45.1 Å². The highest BCUT2D eigenvalue weighted by Gasteiger charge is 2.55. The molecule has 4 amide bonds. The van der Waals surface area contributed by atoms with Crippen LogP contribution in [-0.2, 0) is 9.59 Å². The lowest BCUT2D eigenvalue weighted by Crippen LogP contribution is -2.54. The van der Waals surface area contributed by atoms with Crippen LogP contribution in [0.1, 0.15) is 38.2 Å². The van der Waals surface area contributed by atoms with E-state index in [4.69, 9.17) is 0 Å². The van der Waals surface area contributed by atoms with Gasteiger partial charge in [-0.3, -0.25) is 14.5 Å². The van der Waals surface area contributed by atoms with Gasteiger partial charge in [0, 0.05) is 10.2 Å². The average Bonchev–Trinajstić information content (AvgIpc) is 2.78. The van der Waals surface area contributed by atoms with Crippen molar-refractivity contribution in [3.8, 4) is 0 Å². The predicted octanol–water partition coefficient (Wildman–Crippen LogP) is 3.20. The lowest BCUT2D eigenvalue weighted by molar-refractivity contribution is -0.136. The number of carbonyl (C=O) groups is 3. The quantitative estimate of drug-likeness (QED) is 0.755. The molecule has 2 N–H and O–H groups in total. The minimum atomic E-state index is -0.830. The van der Waals surface area contributed by atoms with Gasteiger partial charge in [0.15, 0.2) is 0 Å². The Kier molecular flexibility index (Phi) is 4.86. The summed E-state index contributed by atoms with van der Waals surface area (Å²) in [6.45, 7) is 3.60.